The lowest BCUT2D eigenvalue weighted by Gasteiger charge is -2.29. The van der Waals surface area contributed by atoms with Crippen LogP contribution in [0.5, 0.6) is 0 Å². The van der Waals surface area contributed by atoms with E-state index in [4.69, 9.17) is 10.5 Å². The SMILES string of the molecule is COS(=O)(=O)[O-].C[N+](C)(C)C(C#N)c1ccc(C#N)cc1. The molecular formula is C13H17N3O4S. The quantitative estimate of drug-likeness (QED) is 0.466. The van der Waals surface area contributed by atoms with Crippen LogP contribution in [0.15, 0.2) is 24.3 Å². The summed E-state index contributed by atoms with van der Waals surface area (Å²) in [6.07, 6.45) is 0. The molecule has 0 bridgehead atoms. The van der Waals surface area contributed by atoms with Crippen LogP contribution in [-0.4, -0.2) is 45.7 Å². The molecule has 0 aliphatic heterocycles. The first-order chi connectivity index (χ1) is 9.55. The molecule has 114 valence electrons. The van der Waals surface area contributed by atoms with E-state index in [0.29, 0.717) is 10.0 Å². The van der Waals surface area contributed by atoms with Gasteiger partial charge in [-0.3, -0.25) is 4.18 Å². The molecule has 1 rings (SSSR count). The van der Waals surface area contributed by atoms with Crippen molar-refractivity contribution in [2.45, 2.75) is 6.04 Å². The predicted octanol–water partition coefficient (Wildman–Crippen LogP) is 0.922. The Bertz CT molecular complexity index is 634. The minimum Gasteiger partial charge on any atom is -0.726 e. The molecule has 21 heavy (non-hydrogen) atoms. The van der Waals surface area contributed by atoms with Gasteiger partial charge in [0, 0.05) is 5.56 Å². The second-order valence-corrected chi connectivity index (χ2v) is 6.11. The summed E-state index contributed by atoms with van der Waals surface area (Å²) in [6, 6.07) is 11.3. The summed E-state index contributed by atoms with van der Waals surface area (Å²) >= 11 is 0. The van der Waals surface area contributed by atoms with Crippen molar-refractivity contribution >= 4 is 10.4 Å². The van der Waals surface area contributed by atoms with Gasteiger partial charge in [-0.25, -0.2) is 8.42 Å². The highest BCUT2D eigenvalue weighted by atomic mass is 32.3. The van der Waals surface area contributed by atoms with Gasteiger partial charge in [-0.1, -0.05) is 12.1 Å². The molecule has 0 saturated heterocycles. The lowest BCUT2D eigenvalue weighted by molar-refractivity contribution is -0.893. The molecule has 7 nitrogen and oxygen atoms in total. The highest BCUT2D eigenvalue weighted by Gasteiger charge is 2.24. The first-order valence-electron chi connectivity index (χ1n) is 5.77. The van der Waals surface area contributed by atoms with Crippen LogP contribution in [0, 0.1) is 22.7 Å². The van der Waals surface area contributed by atoms with E-state index in [1.54, 1.807) is 12.1 Å². The van der Waals surface area contributed by atoms with E-state index in [-0.39, 0.29) is 6.04 Å². The predicted molar refractivity (Wildman–Crippen MR) is 74.2 cm³/mol. The zero-order chi connectivity index (χ0) is 16.7. The lowest BCUT2D eigenvalue weighted by atomic mass is 10.0. The van der Waals surface area contributed by atoms with E-state index in [9.17, 15) is 13.0 Å². The van der Waals surface area contributed by atoms with Crippen LogP contribution in [0.4, 0.5) is 0 Å². The van der Waals surface area contributed by atoms with Crippen LogP contribution in [0.3, 0.4) is 0 Å². The second-order valence-electron chi connectivity index (χ2n) is 4.96. The number of nitrogens with zero attached hydrogens (tertiary/aromatic N) is 3. The highest BCUT2D eigenvalue weighted by Crippen LogP contribution is 2.22. The molecular weight excluding hydrogens is 294 g/mol. The summed E-state index contributed by atoms with van der Waals surface area (Å²) in [5.74, 6) is 0. The molecule has 0 spiro atoms. The maximum absolute atomic E-state index is 9.22. The van der Waals surface area contributed by atoms with Crippen molar-refractivity contribution in [3.05, 3.63) is 35.4 Å². The Hall–Kier alpha value is -1.97. The van der Waals surface area contributed by atoms with Crippen molar-refractivity contribution in [2.24, 2.45) is 0 Å². The average Bonchev–Trinajstić information content (AvgIpc) is 2.38. The summed E-state index contributed by atoms with van der Waals surface area (Å²) in [6.45, 7) is 0. The van der Waals surface area contributed by atoms with Crippen molar-refractivity contribution in [1.82, 2.24) is 0 Å². The van der Waals surface area contributed by atoms with Gasteiger partial charge < -0.3 is 9.04 Å². The van der Waals surface area contributed by atoms with Crippen molar-refractivity contribution in [2.75, 3.05) is 28.3 Å². The number of nitriles is 2. The molecule has 0 aromatic heterocycles. The molecule has 0 radical (unpaired) electrons. The van der Waals surface area contributed by atoms with Crippen LogP contribution in [0.1, 0.15) is 17.2 Å². The summed E-state index contributed by atoms with van der Waals surface area (Å²) < 4.78 is 31.6. The smallest absolute Gasteiger partial charge is 0.217 e. The third kappa shape index (κ3) is 7.40. The Kier molecular flexibility index (Phi) is 6.99. The van der Waals surface area contributed by atoms with Crippen LogP contribution in [-0.2, 0) is 14.6 Å². The summed E-state index contributed by atoms with van der Waals surface area (Å²) in [4.78, 5) is 0. The molecule has 1 unspecified atom stereocenters. The minimum absolute atomic E-state index is 0.197. The zero-order valence-corrected chi connectivity index (χ0v) is 13.1. The molecule has 8 heteroatoms. The number of rotatable bonds is 3. The van der Waals surface area contributed by atoms with E-state index in [1.807, 2.05) is 33.3 Å². The fourth-order valence-electron chi connectivity index (χ4n) is 1.43. The Morgan fingerprint density at radius 1 is 1.19 bits per heavy atom. The Morgan fingerprint density at radius 2 is 1.62 bits per heavy atom. The molecule has 0 amide bonds. The van der Waals surface area contributed by atoms with Gasteiger partial charge in [-0.15, -0.1) is 0 Å². The van der Waals surface area contributed by atoms with Gasteiger partial charge in [0.2, 0.25) is 16.4 Å². The van der Waals surface area contributed by atoms with Gasteiger partial charge in [0.15, 0.2) is 0 Å². The van der Waals surface area contributed by atoms with Gasteiger partial charge >= 0.3 is 0 Å². The monoisotopic (exact) mass is 311 g/mol. The van der Waals surface area contributed by atoms with Gasteiger partial charge in [0.05, 0.1) is 39.9 Å². The van der Waals surface area contributed by atoms with Gasteiger partial charge in [0.1, 0.15) is 6.07 Å². The van der Waals surface area contributed by atoms with Crippen LogP contribution in [0.25, 0.3) is 0 Å². The standard InChI is InChI=1S/C12H14N3.CH4O4S/c1-15(2,3)12(9-14)11-6-4-10(8-13)5-7-11;1-5-6(2,3)4/h4-7,12H,1-3H3;1H3,(H,2,3,4)/q+1;/p-1. The third-order valence-corrected chi connectivity index (χ3v) is 2.86. The topological polar surface area (TPSA) is 114 Å². The minimum atomic E-state index is -4.41. The normalized spacial score (nSPS) is 12.3. The van der Waals surface area contributed by atoms with Gasteiger partial charge in [-0.05, 0) is 12.1 Å². The molecule has 0 heterocycles. The molecule has 0 saturated carbocycles. The zero-order valence-electron chi connectivity index (χ0n) is 12.3. The molecule has 0 fully saturated rings. The first kappa shape index (κ1) is 19.0. The summed E-state index contributed by atoms with van der Waals surface area (Å²) in [5.41, 5.74) is 1.57. The molecule has 0 aliphatic rings. The first-order valence-corrected chi connectivity index (χ1v) is 7.10. The molecule has 0 aliphatic carbocycles. The third-order valence-electron chi connectivity index (χ3n) is 2.46. The second kappa shape index (κ2) is 7.72. The molecule has 0 N–H and O–H groups in total. The number of quaternary nitrogens is 1. The fourth-order valence-corrected chi connectivity index (χ4v) is 1.43. The number of hydrogen-bond acceptors (Lipinski definition) is 6. The maximum Gasteiger partial charge on any atom is 0.217 e. The Balaban J connectivity index is 0.000000567. The number of hydrogen-bond donors (Lipinski definition) is 0. The highest BCUT2D eigenvalue weighted by molar-refractivity contribution is 7.80. The van der Waals surface area contributed by atoms with Crippen LogP contribution < -0.4 is 0 Å². The van der Waals surface area contributed by atoms with Crippen LogP contribution >= 0.6 is 0 Å². The molecule has 1 aromatic carbocycles. The van der Waals surface area contributed by atoms with E-state index in [0.717, 1.165) is 12.7 Å². The molecule has 1 atom stereocenters. The fraction of sp³-hybridized carbons (Fsp3) is 0.385. The van der Waals surface area contributed by atoms with Crippen LogP contribution in [0.2, 0.25) is 0 Å². The van der Waals surface area contributed by atoms with E-state index < -0.39 is 10.4 Å². The van der Waals surface area contributed by atoms with Gasteiger partial charge in [-0.2, -0.15) is 10.5 Å². The summed E-state index contributed by atoms with van der Waals surface area (Å²) in [7, 11) is 2.33. The van der Waals surface area contributed by atoms with Gasteiger partial charge in [0.25, 0.3) is 0 Å². The maximum atomic E-state index is 9.22. The lowest BCUT2D eigenvalue weighted by Crippen LogP contribution is -2.38. The number of benzene rings is 1. The summed E-state index contributed by atoms with van der Waals surface area (Å²) in [5, 5.41) is 17.8. The van der Waals surface area contributed by atoms with Crippen molar-refractivity contribution < 1.29 is 21.6 Å². The van der Waals surface area contributed by atoms with Crippen molar-refractivity contribution in [1.29, 1.82) is 10.5 Å². The largest absolute Gasteiger partial charge is 0.726 e. The molecule has 1 aromatic rings. The van der Waals surface area contributed by atoms with Crippen molar-refractivity contribution in [3.8, 4) is 12.1 Å². The van der Waals surface area contributed by atoms with E-state index in [1.165, 1.54) is 0 Å². The van der Waals surface area contributed by atoms with Crippen molar-refractivity contribution in [3.63, 3.8) is 0 Å². The van der Waals surface area contributed by atoms with E-state index >= 15 is 0 Å². The average molecular weight is 311 g/mol. The van der Waals surface area contributed by atoms with E-state index in [2.05, 4.69) is 16.3 Å². The Morgan fingerprint density at radius 3 is 1.86 bits per heavy atom. The Labute approximate surface area is 125 Å².